The highest BCUT2D eigenvalue weighted by atomic mass is 79.9. The first-order chi connectivity index (χ1) is 12.1. The van der Waals surface area contributed by atoms with Crippen LogP contribution < -0.4 is 19.5 Å². The molecule has 0 atom stereocenters. The summed E-state index contributed by atoms with van der Waals surface area (Å²) in [5.41, 5.74) is 1.09. The molecule has 134 valence electrons. The molecule has 2 aromatic carbocycles. The van der Waals surface area contributed by atoms with Crippen LogP contribution in [0.1, 0.15) is 30.1 Å². The number of anilines is 1. The molecule has 2 rings (SSSR count). The third kappa shape index (κ3) is 5.13. The molecule has 0 aromatic heterocycles. The lowest BCUT2D eigenvalue weighted by molar-refractivity contribution is 0.102. The Kier molecular flexibility index (Phi) is 7.13. The lowest BCUT2D eigenvalue weighted by atomic mass is 10.1. The van der Waals surface area contributed by atoms with Crippen molar-refractivity contribution in [3.05, 3.63) is 46.4 Å². The first kappa shape index (κ1) is 19.1. The van der Waals surface area contributed by atoms with Crippen molar-refractivity contribution in [1.82, 2.24) is 0 Å². The van der Waals surface area contributed by atoms with Crippen LogP contribution in [0.5, 0.6) is 17.2 Å². The Morgan fingerprint density at radius 1 is 1.04 bits per heavy atom. The number of methoxy groups -OCH3 is 2. The van der Waals surface area contributed by atoms with E-state index < -0.39 is 0 Å². The quantitative estimate of drug-likeness (QED) is 0.632. The van der Waals surface area contributed by atoms with Crippen LogP contribution in [0.4, 0.5) is 5.69 Å². The van der Waals surface area contributed by atoms with Crippen LogP contribution in [0.3, 0.4) is 0 Å². The second kappa shape index (κ2) is 9.32. The number of nitrogens with one attached hydrogen (secondary N) is 1. The number of hydrogen-bond donors (Lipinski definition) is 1. The van der Waals surface area contributed by atoms with Gasteiger partial charge in [-0.05, 0) is 36.8 Å². The van der Waals surface area contributed by atoms with Crippen molar-refractivity contribution < 1.29 is 19.0 Å². The molecule has 0 bridgehead atoms. The Morgan fingerprint density at radius 2 is 1.76 bits per heavy atom. The number of carbonyl (C=O) groups is 1. The van der Waals surface area contributed by atoms with Gasteiger partial charge in [0.05, 0.1) is 26.4 Å². The summed E-state index contributed by atoms with van der Waals surface area (Å²) in [5.74, 6) is 1.47. The number of amides is 1. The van der Waals surface area contributed by atoms with Crippen LogP contribution in [0.25, 0.3) is 0 Å². The number of rotatable bonds is 8. The summed E-state index contributed by atoms with van der Waals surface area (Å²) >= 11 is 3.40. The van der Waals surface area contributed by atoms with Crippen molar-refractivity contribution in [2.45, 2.75) is 19.8 Å². The minimum atomic E-state index is -0.250. The third-order valence-corrected chi connectivity index (χ3v) is 4.08. The van der Waals surface area contributed by atoms with Gasteiger partial charge in [-0.3, -0.25) is 4.79 Å². The Hall–Kier alpha value is -2.21. The molecule has 5 nitrogen and oxygen atoms in total. The first-order valence-corrected chi connectivity index (χ1v) is 8.84. The van der Waals surface area contributed by atoms with Gasteiger partial charge in [-0.2, -0.15) is 0 Å². The molecule has 25 heavy (non-hydrogen) atoms. The van der Waals surface area contributed by atoms with Gasteiger partial charge >= 0.3 is 0 Å². The van der Waals surface area contributed by atoms with Crippen molar-refractivity contribution in [1.29, 1.82) is 0 Å². The van der Waals surface area contributed by atoms with Crippen LogP contribution in [0.15, 0.2) is 40.9 Å². The number of halogens is 1. The molecule has 0 aliphatic carbocycles. The molecular weight excluding hydrogens is 386 g/mol. The summed E-state index contributed by atoms with van der Waals surface area (Å²) in [6, 6.07) is 10.6. The fraction of sp³-hybridized carbons (Fsp3) is 0.316. The van der Waals surface area contributed by atoms with E-state index in [0.29, 0.717) is 35.1 Å². The smallest absolute Gasteiger partial charge is 0.259 e. The van der Waals surface area contributed by atoms with E-state index in [1.165, 1.54) is 0 Å². The monoisotopic (exact) mass is 407 g/mol. The minimum absolute atomic E-state index is 0.250. The molecule has 0 saturated heterocycles. The minimum Gasteiger partial charge on any atom is -0.493 e. The molecule has 0 spiro atoms. The number of unbranched alkanes of at least 4 members (excludes halogenated alkanes) is 1. The van der Waals surface area contributed by atoms with E-state index in [2.05, 4.69) is 28.2 Å². The summed E-state index contributed by atoms with van der Waals surface area (Å²) < 4.78 is 17.0. The maximum absolute atomic E-state index is 12.7. The van der Waals surface area contributed by atoms with Gasteiger partial charge in [-0.1, -0.05) is 29.3 Å². The van der Waals surface area contributed by atoms with Crippen LogP contribution in [0, 0.1) is 0 Å². The van der Waals surface area contributed by atoms with Gasteiger partial charge in [0.2, 0.25) is 0 Å². The van der Waals surface area contributed by atoms with E-state index in [9.17, 15) is 4.79 Å². The topological polar surface area (TPSA) is 56.8 Å². The Morgan fingerprint density at radius 3 is 2.44 bits per heavy atom. The second-order valence-corrected chi connectivity index (χ2v) is 6.28. The van der Waals surface area contributed by atoms with E-state index in [1.807, 2.05) is 6.07 Å². The second-order valence-electron chi connectivity index (χ2n) is 5.37. The summed E-state index contributed by atoms with van der Waals surface area (Å²) in [4.78, 5) is 12.7. The molecule has 0 aliphatic heterocycles. The van der Waals surface area contributed by atoms with Crippen LogP contribution in [0.2, 0.25) is 0 Å². The highest BCUT2D eigenvalue weighted by molar-refractivity contribution is 9.10. The summed E-state index contributed by atoms with van der Waals surface area (Å²) in [5, 5.41) is 2.87. The zero-order chi connectivity index (χ0) is 18.2. The largest absolute Gasteiger partial charge is 0.493 e. The molecule has 0 aliphatic rings. The van der Waals surface area contributed by atoms with Crippen LogP contribution in [-0.4, -0.2) is 26.7 Å². The molecule has 0 fully saturated rings. The average molecular weight is 408 g/mol. The fourth-order valence-electron chi connectivity index (χ4n) is 2.24. The molecule has 1 N–H and O–H groups in total. The van der Waals surface area contributed by atoms with E-state index in [1.54, 1.807) is 44.6 Å². The summed E-state index contributed by atoms with van der Waals surface area (Å²) in [6.45, 7) is 2.67. The van der Waals surface area contributed by atoms with E-state index in [-0.39, 0.29) is 5.91 Å². The zero-order valence-electron chi connectivity index (χ0n) is 14.6. The van der Waals surface area contributed by atoms with E-state index in [4.69, 9.17) is 14.2 Å². The molecule has 1 amide bonds. The van der Waals surface area contributed by atoms with Gasteiger partial charge < -0.3 is 19.5 Å². The van der Waals surface area contributed by atoms with Gasteiger partial charge in [-0.15, -0.1) is 0 Å². The molecule has 0 heterocycles. The third-order valence-electron chi connectivity index (χ3n) is 3.58. The standard InChI is InChI=1S/C19H22BrNO4/c1-4-5-10-25-16-8-6-13(20)11-15(16)19(22)21-14-7-9-17(23-2)18(12-14)24-3/h6-9,11-12H,4-5,10H2,1-3H3,(H,21,22). The Bertz CT molecular complexity index is 733. The molecule has 0 radical (unpaired) electrons. The normalized spacial score (nSPS) is 10.2. The highest BCUT2D eigenvalue weighted by Gasteiger charge is 2.15. The maximum atomic E-state index is 12.7. The summed E-state index contributed by atoms with van der Waals surface area (Å²) in [6.07, 6.45) is 1.97. The van der Waals surface area contributed by atoms with Crippen molar-refractivity contribution in [2.75, 3.05) is 26.1 Å². The van der Waals surface area contributed by atoms with Crippen LogP contribution >= 0.6 is 15.9 Å². The molecular formula is C19H22BrNO4. The van der Waals surface area contributed by atoms with Gasteiger partial charge in [0.25, 0.3) is 5.91 Å². The van der Waals surface area contributed by atoms with Crippen molar-refractivity contribution in [3.8, 4) is 17.2 Å². The van der Waals surface area contributed by atoms with E-state index >= 15 is 0 Å². The molecule has 0 unspecified atom stereocenters. The maximum Gasteiger partial charge on any atom is 0.259 e. The zero-order valence-corrected chi connectivity index (χ0v) is 16.2. The predicted octanol–water partition coefficient (Wildman–Crippen LogP) is 4.90. The summed E-state index contributed by atoms with van der Waals surface area (Å²) in [7, 11) is 3.12. The molecule has 2 aromatic rings. The van der Waals surface area contributed by atoms with Crippen molar-refractivity contribution in [2.24, 2.45) is 0 Å². The number of ether oxygens (including phenoxy) is 3. The predicted molar refractivity (Wildman–Crippen MR) is 102 cm³/mol. The van der Waals surface area contributed by atoms with Gasteiger partial charge in [-0.25, -0.2) is 0 Å². The number of carbonyl (C=O) groups excluding carboxylic acids is 1. The van der Waals surface area contributed by atoms with Crippen molar-refractivity contribution >= 4 is 27.5 Å². The van der Waals surface area contributed by atoms with Gasteiger partial charge in [0, 0.05) is 16.2 Å². The lowest BCUT2D eigenvalue weighted by Gasteiger charge is -2.13. The first-order valence-electron chi connectivity index (χ1n) is 8.04. The Balaban J connectivity index is 2.21. The average Bonchev–Trinajstić information content (AvgIpc) is 2.62. The fourth-order valence-corrected chi connectivity index (χ4v) is 2.61. The van der Waals surface area contributed by atoms with Gasteiger partial charge in [0.1, 0.15) is 5.75 Å². The molecule has 0 saturated carbocycles. The van der Waals surface area contributed by atoms with E-state index in [0.717, 1.165) is 17.3 Å². The van der Waals surface area contributed by atoms with Crippen molar-refractivity contribution in [3.63, 3.8) is 0 Å². The SMILES string of the molecule is CCCCOc1ccc(Br)cc1C(=O)Nc1ccc(OC)c(OC)c1. The molecule has 6 heteroatoms. The highest BCUT2D eigenvalue weighted by Crippen LogP contribution is 2.31. The Labute approximate surface area is 156 Å². The number of hydrogen-bond acceptors (Lipinski definition) is 4. The van der Waals surface area contributed by atoms with Gasteiger partial charge in [0.15, 0.2) is 11.5 Å². The van der Waals surface area contributed by atoms with Crippen LogP contribution in [-0.2, 0) is 0 Å². The number of benzene rings is 2. The lowest BCUT2D eigenvalue weighted by Crippen LogP contribution is -2.14.